The molecule has 0 bridgehead atoms. The van der Waals surface area contributed by atoms with Gasteiger partial charge in [0.15, 0.2) is 0 Å². The van der Waals surface area contributed by atoms with E-state index >= 15 is 0 Å². The van der Waals surface area contributed by atoms with Gasteiger partial charge in [-0.2, -0.15) is 0 Å². The molecule has 1 fully saturated rings. The summed E-state index contributed by atoms with van der Waals surface area (Å²) in [5.41, 5.74) is 5.43. The number of ether oxygens (including phenoxy) is 2. The lowest BCUT2D eigenvalue weighted by atomic mass is 9.93. The van der Waals surface area contributed by atoms with Crippen molar-refractivity contribution in [3.63, 3.8) is 0 Å². The number of methoxy groups -OCH3 is 1. The van der Waals surface area contributed by atoms with Gasteiger partial charge in [0, 0.05) is 19.7 Å². The quantitative estimate of drug-likeness (QED) is 0.485. The van der Waals surface area contributed by atoms with Crippen molar-refractivity contribution >= 4 is 5.97 Å². The summed E-state index contributed by atoms with van der Waals surface area (Å²) in [6.45, 7) is 7.63. The molecule has 18 heavy (non-hydrogen) atoms. The Bertz CT molecular complexity index is 269. The molecule has 0 heterocycles. The molecular weight excluding hydrogens is 232 g/mol. The van der Waals surface area contributed by atoms with E-state index in [-0.39, 0.29) is 11.9 Å². The van der Waals surface area contributed by atoms with Crippen LogP contribution in [0.15, 0.2) is 0 Å². The SMILES string of the molecule is CCOCCN(CC)CC(N)(C(=O)OC)C1CC1. The molecule has 106 valence electrons. The van der Waals surface area contributed by atoms with Gasteiger partial charge in [-0.1, -0.05) is 6.92 Å². The third-order valence-electron chi connectivity index (χ3n) is 3.56. The normalized spacial score (nSPS) is 18.7. The molecule has 1 atom stereocenters. The van der Waals surface area contributed by atoms with Crippen LogP contribution in [0.3, 0.4) is 0 Å². The summed E-state index contributed by atoms with van der Waals surface area (Å²) in [7, 11) is 1.41. The predicted octanol–water partition coefficient (Wildman–Crippen LogP) is 0.625. The van der Waals surface area contributed by atoms with E-state index in [0.717, 1.165) is 25.9 Å². The van der Waals surface area contributed by atoms with E-state index in [4.69, 9.17) is 15.2 Å². The third kappa shape index (κ3) is 3.93. The van der Waals surface area contributed by atoms with Crippen molar-refractivity contribution in [1.29, 1.82) is 0 Å². The first kappa shape index (κ1) is 15.4. The summed E-state index contributed by atoms with van der Waals surface area (Å²) in [6, 6.07) is 0. The predicted molar refractivity (Wildman–Crippen MR) is 70.3 cm³/mol. The molecular formula is C13H26N2O3. The number of likely N-dealkylation sites (N-methyl/N-ethyl adjacent to an activating group) is 1. The van der Waals surface area contributed by atoms with Crippen LogP contribution in [0, 0.1) is 5.92 Å². The highest BCUT2D eigenvalue weighted by atomic mass is 16.5. The van der Waals surface area contributed by atoms with Crippen molar-refractivity contribution in [3.8, 4) is 0 Å². The lowest BCUT2D eigenvalue weighted by molar-refractivity contribution is -0.149. The minimum Gasteiger partial charge on any atom is -0.468 e. The fraction of sp³-hybridized carbons (Fsp3) is 0.923. The van der Waals surface area contributed by atoms with E-state index in [1.54, 1.807) is 0 Å². The zero-order chi connectivity index (χ0) is 13.6. The highest BCUT2D eigenvalue weighted by molar-refractivity contribution is 5.81. The minimum atomic E-state index is -0.850. The second-order valence-corrected chi connectivity index (χ2v) is 4.87. The van der Waals surface area contributed by atoms with Crippen LogP contribution >= 0.6 is 0 Å². The summed E-state index contributed by atoms with van der Waals surface area (Å²) >= 11 is 0. The van der Waals surface area contributed by atoms with Crippen LogP contribution in [-0.2, 0) is 14.3 Å². The minimum absolute atomic E-state index is 0.270. The van der Waals surface area contributed by atoms with Gasteiger partial charge in [-0.25, -0.2) is 0 Å². The molecule has 0 aromatic heterocycles. The zero-order valence-corrected chi connectivity index (χ0v) is 11.8. The Morgan fingerprint density at radius 2 is 2.11 bits per heavy atom. The number of esters is 1. The Hall–Kier alpha value is -0.650. The van der Waals surface area contributed by atoms with Crippen molar-refractivity contribution in [2.45, 2.75) is 32.2 Å². The van der Waals surface area contributed by atoms with Crippen LogP contribution in [0.2, 0.25) is 0 Å². The van der Waals surface area contributed by atoms with Gasteiger partial charge in [-0.15, -0.1) is 0 Å². The van der Waals surface area contributed by atoms with Gasteiger partial charge >= 0.3 is 5.97 Å². The largest absolute Gasteiger partial charge is 0.468 e. The highest BCUT2D eigenvalue weighted by Gasteiger charge is 2.49. The van der Waals surface area contributed by atoms with Crippen molar-refractivity contribution in [3.05, 3.63) is 0 Å². The van der Waals surface area contributed by atoms with Gasteiger partial charge < -0.3 is 15.2 Å². The number of nitrogens with zero attached hydrogens (tertiary/aromatic N) is 1. The Morgan fingerprint density at radius 3 is 2.56 bits per heavy atom. The molecule has 1 rings (SSSR count). The maximum Gasteiger partial charge on any atom is 0.327 e. The maximum absolute atomic E-state index is 11.9. The Balaban J connectivity index is 2.55. The number of hydrogen-bond acceptors (Lipinski definition) is 5. The molecule has 0 aliphatic heterocycles. The van der Waals surface area contributed by atoms with Crippen molar-refractivity contribution in [1.82, 2.24) is 4.90 Å². The molecule has 2 N–H and O–H groups in total. The van der Waals surface area contributed by atoms with Crippen LogP contribution in [0.25, 0.3) is 0 Å². The topological polar surface area (TPSA) is 64.8 Å². The number of nitrogens with two attached hydrogens (primary N) is 1. The Kier molecular flexibility index (Phi) is 6.05. The van der Waals surface area contributed by atoms with Gasteiger partial charge in [0.1, 0.15) is 5.54 Å². The lowest BCUT2D eigenvalue weighted by Gasteiger charge is -2.32. The van der Waals surface area contributed by atoms with Crippen LogP contribution < -0.4 is 5.73 Å². The first-order valence-electron chi connectivity index (χ1n) is 6.75. The second-order valence-electron chi connectivity index (χ2n) is 4.87. The Morgan fingerprint density at radius 1 is 1.44 bits per heavy atom. The van der Waals surface area contributed by atoms with Crippen LogP contribution in [-0.4, -0.2) is 56.4 Å². The first-order valence-corrected chi connectivity index (χ1v) is 6.75. The maximum atomic E-state index is 11.9. The molecule has 0 aromatic rings. The standard InChI is InChI=1S/C13H26N2O3/c1-4-15(8-9-18-5-2)10-13(14,11-6-7-11)12(16)17-3/h11H,4-10,14H2,1-3H3. The fourth-order valence-corrected chi connectivity index (χ4v) is 2.21. The van der Waals surface area contributed by atoms with E-state index in [1.165, 1.54) is 7.11 Å². The molecule has 0 radical (unpaired) electrons. The smallest absolute Gasteiger partial charge is 0.327 e. The first-order chi connectivity index (χ1) is 8.58. The molecule has 0 amide bonds. The van der Waals surface area contributed by atoms with Crippen molar-refractivity contribution in [2.75, 3.05) is 40.0 Å². The molecule has 1 aliphatic rings. The van der Waals surface area contributed by atoms with Crippen LogP contribution in [0.5, 0.6) is 0 Å². The molecule has 1 saturated carbocycles. The van der Waals surface area contributed by atoms with Gasteiger partial charge in [0.05, 0.1) is 13.7 Å². The zero-order valence-electron chi connectivity index (χ0n) is 11.8. The second kappa shape index (κ2) is 7.07. The molecule has 1 unspecified atom stereocenters. The average molecular weight is 258 g/mol. The summed E-state index contributed by atoms with van der Waals surface area (Å²) in [4.78, 5) is 14.0. The fourth-order valence-electron chi connectivity index (χ4n) is 2.21. The summed E-state index contributed by atoms with van der Waals surface area (Å²) in [5, 5.41) is 0. The average Bonchev–Trinajstić information content (AvgIpc) is 3.21. The van der Waals surface area contributed by atoms with Crippen LogP contribution in [0.4, 0.5) is 0 Å². The van der Waals surface area contributed by atoms with Crippen molar-refractivity contribution < 1.29 is 14.3 Å². The summed E-state index contributed by atoms with van der Waals surface area (Å²) in [5.74, 6) is -0.0223. The number of carbonyl (C=O) groups excluding carboxylic acids is 1. The van der Waals surface area contributed by atoms with Gasteiger partial charge in [0.2, 0.25) is 0 Å². The van der Waals surface area contributed by atoms with E-state index in [9.17, 15) is 4.79 Å². The van der Waals surface area contributed by atoms with E-state index in [2.05, 4.69) is 11.8 Å². The van der Waals surface area contributed by atoms with E-state index in [0.29, 0.717) is 19.8 Å². The lowest BCUT2D eigenvalue weighted by Crippen LogP contribution is -2.58. The van der Waals surface area contributed by atoms with E-state index < -0.39 is 5.54 Å². The van der Waals surface area contributed by atoms with Crippen molar-refractivity contribution in [2.24, 2.45) is 11.7 Å². The monoisotopic (exact) mass is 258 g/mol. The molecule has 5 heteroatoms. The van der Waals surface area contributed by atoms with E-state index in [1.807, 2.05) is 6.92 Å². The van der Waals surface area contributed by atoms with Gasteiger partial charge in [-0.05, 0) is 32.2 Å². The summed E-state index contributed by atoms with van der Waals surface area (Å²) in [6.07, 6.45) is 2.04. The molecule has 5 nitrogen and oxygen atoms in total. The number of rotatable bonds is 9. The van der Waals surface area contributed by atoms with Gasteiger partial charge in [-0.3, -0.25) is 9.69 Å². The van der Waals surface area contributed by atoms with Gasteiger partial charge in [0.25, 0.3) is 0 Å². The van der Waals surface area contributed by atoms with Crippen LogP contribution in [0.1, 0.15) is 26.7 Å². The molecule has 0 aromatic carbocycles. The number of carbonyl (C=O) groups is 1. The number of hydrogen-bond donors (Lipinski definition) is 1. The summed E-state index contributed by atoms with van der Waals surface area (Å²) < 4.78 is 10.2. The highest BCUT2D eigenvalue weighted by Crippen LogP contribution is 2.39. The third-order valence-corrected chi connectivity index (χ3v) is 3.56. The molecule has 1 aliphatic carbocycles. The molecule has 0 saturated heterocycles. The Labute approximate surface area is 110 Å². The molecule has 0 spiro atoms.